The Morgan fingerprint density at radius 1 is 0.950 bits per heavy atom. The Morgan fingerprint density at radius 2 is 1.70 bits per heavy atom. The lowest BCUT2D eigenvalue weighted by Crippen LogP contribution is -2.18. The van der Waals surface area contributed by atoms with E-state index < -0.39 is 0 Å². The van der Waals surface area contributed by atoms with Crippen LogP contribution in [0.3, 0.4) is 0 Å². The molecule has 1 aliphatic heterocycles. The van der Waals surface area contributed by atoms with Gasteiger partial charge in [0.1, 0.15) is 0 Å². The zero-order valence-corrected chi connectivity index (χ0v) is 12.2. The Balaban J connectivity index is 2.00. The summed E-state index contributed by atoms with van der Waals surface area (Å²) in [5.41, 5.74) is 2.06. The summed E-state index contributed by atoms with van der Waals surface area (Å²) in [4.78, 5) is 12.2. The summed E-state index contributed by atoms with van der Waals surface area (Å²) in [6, 6.07) is 15.5. The van der Waals surface area contributed by atoms with Crippen LogP contribution in [-0.4, -0.2) is 12.5 Å². The molecular weight excluding hydrogens is 293 g/mol. The third kappa shape index (κ3) is 2.41. The highest BCUT2D eigenvalue weighted by Crippen LogP contribution is 2.38. The van der Waals surface area contributed by atoms with E-state index in [4.69, 9.17) is 23.2 Å². The maximum absolute atomic E-state index is 12.2. The second-order valence-corrected chi connectivity index (χ2v) is 5.73. The normalized spacial score (nSPS) is 21.8. The van der Waals surface area contributed by atoms with E-state index in [1.807, 2.05) is 24.3 Å². The summed E-state index contributed by atoms with van der Waals surface area (Å²) < 4.78 is 0. The molecule has 102 valence electrons. The summed E-state index contributed by atoms with van der Waals surface area (Å²) >= 11 is 12.0. The van der Waals surface area contributed by atoms with Crippen LogP contribution < -0.4 is 5.32 Å². The van der Waals surface area contributed by atoms with E-state index in [9.17, 15) is 4.79 Å². The zero-order chi connectivity index (χ0) is 14.1. The smallest absolute Gasteiger partial charge is 0.228 e. The van der Waals surface area contributed by atoms with E-state index in [1.165, 1.54) is 0 Å². The molecule has 2 aromatic carbocycles. The lowest BCUT2D eigenvalue weighted by Gasteiger charge is -2.18. The Labute approximate surface area is 127 Å². The minimum absolute atomic E-state index is 0.0391. The predicted molar refractivity (Wildman–Crippen MR) is 81.4 cm³/mol. The molecule has 3 rings (SSSR count). The number of rotatable bonds is 2. The van der Waals surface area contributed by atoms with Gasteiger partial charge in [-0.3, -0.25) is 4.79 Å². The fourth-order valence-corrected chi connectivity index (χ4v) is 3.03. The lowest BCUT2D eigenvalue weighted by atomic mass is 9.84. The monoisotopic (exact) mass is 305 g/mol. The fraction of sp³-hybridized carbons (Fsp3) is 0.188. The van der Waals surface area contributed by atoms with Gasteiger partial charge in [0.2, 0.25) is 5.91 Å². The molecule has 1 amide bonds. The Hall–Kier alpha value is -1.51. The van der Waals surface area contributed by atoms with E-state index in [0.29, 0.717) is 16.6 Å². The van der Waals surface area contributed by atoms with Crippen LogP contribution in [0.4, 0.5) is 0 Å². The first-order valence-electron chi connectivity index (χ1n) is 6.44. The van der Waals surface area contributed by atoms with Crippen LogP contribution in [0.2, 0.25) is 10.0 Å². The molecule has 1 saturated heterocycles. The van der Waals surface area contributed by atoms with Crippen LogP contribution in [0.15, 0.2) is 48.5 Å². The van der Waals surface area contributed by atoms with Crippen molar-refractivity contribution in [2.45, 2.75) is 11.8 Å². The highest BCUT2D eigenvalue weighted by atomic mass is 35.5. The zero-order valence-electron chi connectivity index (χ0n) is 10.6. The molecule has 0 bridgehead atoms. The van der Waals surface area contributed by atoms with Crippen molar-refractivity contribution < 1.29 is 4.79 Å². The number of hydrogen-bond acceptors (Lipinski definition) is 1. The van der Waals surface area contributed by atoms with Gasteiger partial charge in [-0.25, -0.2) is 0 Å². The van der Waals surface area contributed by atoms with Gasteiger partial charge in [0, 0.05) is 12.5 Å². The van der Waals surface area contributed by atoms with Gasteiger partial charge >= 0.3 is 0 Å². The van der Waals surface area contributed by atoms with Crippen LogP contribution in [0.5, 0.6) is 0 Å². The van der Waals surface area contributed by atoms with Crippen molar-refractivity contribution in [1.82, 2.24) is 5.32 Å². The van der Waals surface area contributed by atoms with E-state index in [-0.39, 0.29) is 17.7 Å². The molecule has 1 fully saturated rings. The summed E-state index contributed by atoms with van der Waals surface area (Å²) in [5, 5.41) is 3.92. The summed E-state index contributed by atoms with van der Waals surface area (Å²) in [6.45, 7) is 0.647. The molecule has 0 aliphatic carbocycles. The maximum Gasteiger partial charge on any atom is 0.228 e. The number of carbonyl (C=O) groups is 1. The van der Waals surface area contributed by atoms with Gasteiger partial charge in [-0.2, -0.15) is 0 Å². The van der Waals surface area contributed by atoms with Crippen molar-refractivity contribution in [3.8, 4) is 0 Å². The summed E-state index contributed by atoms with van der Waals surface area (Å²) in [6.07, 6.45) is 0. The molecule has 4 heteroatoms. The standard InChI is InChI=1S/C16H13Cl2NO/c17-13-7-6-11(8-14(13)18)15-12(9-19-16(15)20)10-4-2-1-3-5-10/h1-8,12,15H,9H2,(H,19,20)/t12-,15-/m0/s1. The summed E-state index contributed by atoms with van der Waals surface area (Å²) in [7, 11) is 0. The van der Waals surface area contributed by atoms with Gasteiger partial charge in [0.25, 0.3) is 0 Å². The Kier molecular flexibility index (Phi) is 3.68. The Bertz CT molecular complexity index is 642. The van der Waals surface area contributed by atoms with E-state index in [2.05, 4.69) is 17.4 Å². The number of halogens is 2. The first-order valence-corrected chi connectivity index (χ1v) is 7.20. The van der Waals surface area contributed by atoms with Gasteiger partial charge in [-0.05, 0) is 23.3 Å². The molecule has 1 heterocycles. The van der Waals surface area contributed by atoms with Crippen LogP contribution >= 0.6 is 23.2 Å². The third-order valence-corrected chi connectivity index (χ3v) is 4.45. The minimum atomic E-state index is -0.216. The third-order valence-electron chi connectivity index (χ3n) is 3.71. The largest absolute Gasteiger partial charge is 0.355 e. The number of benzene rings is 2. The average Bonchev–Trinajstić information content (AvgIpc) is 2.85. The van der Waals surface area contributed by atoms with Gasteiger partial charge in [-0.15, -0.1) is 0 Å². The molecule has 0 spiro atoms. The van der Waals surface area contributed by atoms with Gasteiger partial charge < -0.3 is 5.32 Å². The predicted octanol–water partition coefficient (Wildman–Crippen LogP) is 3.99. The highest BCUT2D eigenvalue weighted by Gasteiger charge is 2.36. The van der Waals surface area contributed by atoms with Crippen LogP contribution in [0, 0.1) is 0 Å². The van der Waals surface area contributed by atoms with Crippen LogP contribution in [0.25, 0.3) is 0 Å². The maximum atomic E-state index is 12.2. The van der Waals surface area contributed by atoms with Gasteiger partial charge in [0.15, 0.2) is 0 Å². The quantitative estimate of drug-likeness (QED) is 0.893. The molecule has 0 saturated carbocycles. The van der Waals surface area contributed by atoms with Crippen molar-refractivity contribution in [2.75, 3.05) is 6.54 Å². The molecule has 2 aromatic rings. The lowest BCUT2D eigenvalue weighted by molar-refractivity contribution is -0.120. The number of carbonyl (C=O) groups excluding carboxylic acids is 1. The van der Waals surface area contributed by atoms with Crippen molar-refractivity contribution in [3.63, 3.8) is 0 Å². The molecule has 1 N–H and O–H groups in total. The van der Waals surface area contributed by atoms with E-state index in [1.54, 1.807) is 12.1 Å². The van der Waals surface area contributed by atoms with E-state index in [0.717, 1.165) is 11.1 Å². The van der Waals surface area contributed by atoms with Crippen molar-refractivity contribution >= 4 is 29.1 Å². The molecule has 20 heavy (non-hydrogen) atoms. The topological polar surface area (TPSA) is 29.1 Å². The molecule has 2 nitrogen and oxygen atoms in total. The molecule has 0 aromatic heterocycles. The SMILES string of the molecule is O=C1NC[C@@H](c2ccccc2)[C@@H]1c1ccc(Cl)c(Cl)c1. The summed E-state index contributed by atoms with van der Waals surface area (Å²) in [5.74, 6) is -0.0506. The highest BCUT2D eigenvalue weighted by molar-refractivity contribution is 6.42. The fourth-order valence-electron chi connectivity index (χ4n) is 2.72. The van der Waals surface area contributed by atoms with Crippen LogP contribution in [-0.2, 0) is 4.79 Å². The minimum Gasteiger partial charge on any atom is -0.355 e. The van der Waals surface area contributed by atoms with Crippen molar-refractivity contribution in [3.05, 3.63) is 69.7 Å². The first-order chi connectivity index (χ1) is 9.66. The average molecular weight is 306 g/mol. The number of nitrogens with one attached hydrogen (secondary N) is 1. The van der Waals surface area contributed by atoms with Crippen molar-refractivity contribution in [1.29, 1.82) is 0 Å². The molecule has 0 radical (unpaired) electrons. The number of amides is 1. The van der Waals surface area contributed by atoms with E-state index >= 15 is 0 Å². The number of hydrogen-bond donors (Lipinski definition) is 1. The van der Waals surface area contributed by atoms with Gasteiger partial charge in [-0.1, -0.05) is 59.6 Å². The first kappa shape index (κ1) is 13.5. The molecule has 1 aliphatic rings. The van der Waals surface area contributed by atoms with Gasteiger partial charge in [0.05, 0.1) is 16.0 Å². The molecular formula is C16H13Cl2NO. The van der Waals surface area contributed by atoms with Crippen LogP contribution in [0.1, 0.15) is 23.0 Å². The second kappa shape index (κ2) is 5.47. The second-order valence-electron chi connectivity index (χ2n) is 4.91. The Morgan fingerprint density at radius 3 is 2.40 bits per heavy atom. The van der Waals surface area contributed by atoms with Crippen molar-refractivity contribution in [2.24, 2.45) is 0 Å². The molecule has 2 atom stereocenters. The molecule has 0 unspecified atom stereocenters.